The molecule has 102 valence electrons. The van der Waals surface area contributed by atoms with Gasteiger partial charge in [0.05, 0.1) is 5.60 Å². The number of hydrogen-bond donors (Lipinski definition) is 1. The van der Waals surface area contributed by atoms with Crippen molar-refractivity contribution in [3.8, 4) is 0 Å². The number of nitrogens with two attached hydrogens (primary N) is 1. The van der Waals surface area contributed by atoms with E-state index in [1.807, 2.05) is 0 Å². The van der Waals surface area contributed by atoms with Crippen molar-refractivity contribution in [3.63, 3.8) is 0 Å². The average Bonchev–Trinajstić information content (AvgIpc) is 2.27. The molecule has 0 spiro atoms. The van der Waals surface area contributed by atoms with Crippen molar-refractivity contribution in [1.82, 2.24) is 0 Å². The second kappa shape index (κ2) is 5.41. The molecule has 18 heavy (non-hydrogen) atoms. The van der Waals surface area contributed by atoms with E-state index in [-0.39, 0.29) is 17.1 Å². The van der Waals surface area contributed by atoms with Gasteiger partial charge >= 0.3 is 0 Å². The number of rotatable bonds is 4. The maximum absolute atomic E-state index is 6.24. The maximum atomic E-state index is 6.24. The molecule has 1 aromatic rings. The Morgan fingerprint density at radius 1 is 1.06 bits per heavy atom. The first-order chi connectivity index (χ1) is 8.15. The molecule has 2 nitrogen and oxygen atoms in total. The van der Waals surface area contributed by atoms with E-state index in [0.717, 1.165) is 6.42 Å². The third kappa shape index (κ3) is 4.11. The molecule has 0 heterocycles. The second-order valence-electron chi connectivity index (χ2n) is 6.65. The summed E-state index contributed by atoms with van der Waals surface area (Å²) in [6, 6.07) is 8.65. The Hall–Kier alpha value is -0.860. The lowest BCUT2D eigenvalue weighted by Gasteiger charge is -2.27. The van der Waals surface area contributed by atoms with Crippen LogP contribution in [-0.4, -0.2) is 12.7 Å². The van der Waals surface area contributed by atoms with Gasteiger partial charge < -0.3 is 10.5 Å². The van der Waals surface area contributed by atoms with Gasteiger partial charge in [-0.3, -0.25) is 0 Å². The zero-order chi connectivity index (χ0) is 14.0. The smallest absolute Gasteiger partial charge is 0.0640 e. The van der Waals surface area contributed by atoms with Crippen LogP contribution in [0.15, 0.2) is 24.3 Å². The summed E-state index contributed by atoms with van der Waals surface area (Å²) in [5.41, 5.74) is 8.76. The lowest BCUT2D eigenvalue weighted by molar-refractivity contribution is 0.00995. The first kappa shape index (κ1) is 15.2. The molecule has 0 saturated heterocycles. The van der Waals surface area contributed by atoms with Crippen LogP contribution in [-0.2, 0) is 10.2 Å². The third-order valence-electron chi connectivity index (χ3n) is 3.47. The van der Waals surface area contributed by atoms with Crippen LogP contribution in [0, 0.1) is 0 Å². The van der Waals surface area contributed by atoms with E-state index in [1.165, 1.54) is 11.1 Å². The van der Waals surface area contributed by atoms with Crippen LogP contribution in [0.5, 0.6) is 0 Å². The summed E-state index contributed by atoms with van der Waals surface area (Å²) in [5, 5.41) is 0. The summed E-state index contributed by atoms with van der Waals surface area (Å²) in [4.78, 5) is 0. The van der Waals surface area contributed by atoms with Crippen molar-refractivity contribution in [2.75, 3.05) is 7.11 Å². The summed E-state index contributed by atoms with van der Waals surface area (Å²) < 4.78 is 5.43. The fourth-order valence-electron chi connectivity index (χ4n) is 1.96. The highest BCUT2D eigenvalue weighted by atomic mass is 16.5. The fraction of sp³-hybridized carbons (Fsp3) is 0.625. The van der Waals surface area contributed by atoms with Crippen molar-refractivity contribution >= 4 is 0 Å². The number of hydrogen-bond acceptors (Lipinski definition) is 2. The molecule has 0 radical (unpaired) electrons. The molecule has 0 aromatic heterocycles. The van der Waals surface area contributed by atoms with Crippen LogP contribution in [0.4, 0.5) is 0 Å². The Balaban J connectivity index is 2.80. The Labute approximate surface area is 112 Å². The minimum Gasteiger partial charge on any atom is -0.379 e. The van der Waals surface area contributed by atoms with Crippen molar-refractivity contribution < 1.29 is 4.74 Å². The highest BCUT2D eigenvalue weighted by Crippen LogP contribution is 2.27. The van der Waals surface area contributed by atoms with E-state index >= 15 is 0 Å². The van der Waals surface area contributed by atoms with E-state index in [4.69, 9.17) is 10.5 Å². The standard InChI is InChI=1S/C16H27NO/c1-15(2,3)13-9-7-12(8-10-13)14(17)11-16(4,5)18-6/h7-10,14H,11,17H2,1-6H3. The van der Waals surface area contributed by atoms with E-state index in [2.05, 4.69) is 58.9 Å². The van der Waals surface area contributed by atoms with Gasteiger partial charge in [0.25, 0.3) is 0 Å². The van der Waals surface area contributed by atoms with Gasteiger partial charge in [-0.2, -0.15) is 0 Å². The first-order valence-corrected chi connectivity index (χ1v) is 6.57. The average molecular weight is 249 g/mol. The molecule has 0 bridgehead atoms. The summed E-state index contributed by atoms with van der Waals surface area (Å²) in [7, 11) is 1.73. The van der Waals surface area contributed by atoms with Gasteiger partial charge in [-0.15, -0.1) is 0 Å². The van der Waals surface area contributed by atoms with E-state index < -0.39 is 0 Å². The molecule has 1 rings (SSSR count). The molecule has 0 fully saturated rings. The van der Waals surface area contributed by atoms with Crippen molar-refractivity contribution in [3.05, 3.63) is 35.4 Å². The fourth-order valence-corrected chi connectivity index (χ4v) is 1.96. The monoisotopic (exact) mass is 249 g/mol. The lowest BCUT2D eigenvalue weighted by atomic mass is 9.85. The Morgan fingerprint density at radius 2 is 1.56 bits per heavy atom. The summed E-state index contributed by atoms with van der Waals surface area (Å²) >= 11 is 0. The van der Waals surface area contributed by atoms with Crippen molar-refractivity contribution in [2.45, 2.75) is 58.1 Å². The molecular weight excluding hydrogens is 222 g/mol. The van der Waals surface area contributed by atoms with Crippen LogP contribution < -0.4 is 5.73 Å². The highest BCUT2D eigenvalue weighted by Gasteiger charge is 2.22. The van der Waals surface area contributed by atoms with Gasteiger partial charge in [0.2, 0.25) is 0 Å². The molecule has 0 saturated carbocycles. The van der Waals surface area contributed by atoms with Crippen LogP contribution in [0.1, 0.15) is 58.2 Å². The van der Waals surface area contributed by atoms with Gasteiger partial charge in [-0.1, -0.05) is 45.0 Å². The molecule has 0 aliphatic carbocycles. The molecule has 0 aliphatic rings. The van der Waals surface area contributed by atoms with Gasteiger partial charge in [-0.25, -0.2) is 0 Å². The molecule has 2 N–H and O–H groups in total. The van der Waals surface area contributed by atoms with Crippen LogP contribution in [0.25, 0.3) is 0 Å². The van der Waals surface area contributed by atoms with Crippen LogP contribution >= 0.6 is 0 Å². The van der Waals surface area contributed by atoms with Gasteiger partial charge in [0.1, 0.15) is 0 Å². The Bertz CT molecular complexity index is 373. The topological polar surface area (TPSA) is 35.2 Å². The number of benzene rings is 1. The molecule has 0 amide bonds. The SMILES string of the molecule is COC(C)(C)CC(N)c1ccc(C(C)(C)C)cc1. The number of ether oxygens (including phenoxy) is 1. The van der Waals surface area contributed by atoms with Crippen molar-refractivity contribution in [2.24, 2.45) is 5.73 Å². The summed E-state index contributed by atoms with van der Waals surface area (Å²) in [5.74, 6) is 0. The molecule has 2 heteroatoms. The molecule has 1 unspecified atom stereocenters. The van der Waals surface area contributed by atoms with Gasteiger partial charge in [0, 0.05) is 13.2 Å². The first-order valence-electron chi connectivity index (χ1n) is 6.57. The number of methoxy groups -OCH3 is 1. The molecule has 0 aliphatic heterocycles. The van der Waals surface area contributed by atoms with Gasteiger partial charge in [0.15, 0.2) is 0 Å². The van der Waals surface area contributed by atoms with E-state index in [1.54, 1.807) is 7.11 Å². The Kier molecular flexibility index (Phi) is 4.57. The predicted octanol–water partition coefficient (Wildman–Crippen LogP) is 3.80. The maximum Gasteiger partial charge on any atom is 0.0640 e. The van der Waals surface area contributed by atoms with Crippen LogP contribution in [0.3, 0.4) is 0 Å². The zero-order valence-corrected chi connectivity index (χ0v) is 12.6. The highest BCUT2D eigenvalue weighted by molar-refractivity contribution is 5.29. The van der Waals surface area contributed by atoms with Crippen molar-refractivity contribution in [1.29, 1.82) is 0 Å². The lowest BCUT2D eigenvalue weighted by Crippen LogP contribution is -2.28. The Morgan fingerprint density at radius 3 is 1.94 bits per heavy atom. The van der Waals surface area contributed by atoms with Gasteiger partial charge in [-0.05, 0) is 36.8 Å². The summed E-state index contributed by atoms with van der Waals surface area (Å²) in [6.45, 7) is 10.8. The molecular formula is C16H27NO. The molecule has 1 aromatic carbocycles. The second-order valence-corrected chi connectivity index (χ2v) is 6.65. The zero-order valence-electron chi connectivity index (χ0n) is 12.6. The minimum atomic E-state index is -0.178. The summed E-state index contributed by atoms with van der Waals surface area (Å²) in [6.07, 6.45) is 0.818. The van der Waals surface area contributed by atoms with Crippen LogP contribution in [0.2, 0.25) is 0 Å². The van der Waals surface area contributed by atoms with E-state index in [9.17, 15) is 0 Å². The third-order valence-corrected chi connectivity index (χ3v) is 3.47. The predicted molar refractivity (Wildman–Crippen MR) is 77.8 cm³/mol. The normalized spacial score (nSPS) is 14.6. The van der Waals surface area contributed by atoms with E-state index in [0.29, 0.717) is 0 Å². The molecule has 1 atom stereocenters. The largest absolute Gasteiger partial charge is 0.379 e. The minimum absolute atomic E-state index is 0.0222. The quantitative estimate of drug-likeness (QED) is 0.881.